The Kier molecular flexibility index (Phi) is 6.04. The van der Waals surface area contributed by atoms with Gasteiger partial charge in [-0.1, -0.05) is 32.1 Å². The van der Waals surface area contributed by atoms with Gasteiger partial charge in [0.05, 0.1) is 6.54 Å². The van der Waals surface area contributed by atoms with E-state index in [9.17, 15) is 9.18 Å². The molecule has 0 saturated heterocycles. The lowest BCUT2D eigenvalue weighted by Crippen LogP contribution is -2.35. The third-order valence-electron chi connectivity index (χ3n) is 2.71. The lowest BCUT2D eigenvalue weighted by Gasteiger charge is -2.23. The van der Waals surface area contributed by atoms with Crippen LogP contribution in [0.25, 0.3) is 0 Å². The van der Waals surface area contributed by atoms with E-state index in [-0.39, 0.29) is 23.0 Å². The number of halogens is 1. The second kappa shape index (κ2) is 7.31. The van der Waals surface area contributed by atoms with E-state index < -0.39 is 5.82 Å². The van der Waals surface area contributed by atoms with Gasteiger partial charge in [0.2, 0.25) is 5.91 Å². The quantitative estimate of drug-likeness (QED) is 0.746. The van der Waals surface area contributed by atoms with Crippen molar-refractivity contribution < 1.29 is 9.18 Å². The maximum Gasteiger partial charge on any atom is 0.231 e. The number of rotatable bonds is 7. The van der Waals surface area contributed by atoms with Gasteiger partial charge in [-0.3, -0.25) is 9.69 Å². The van der Waals surface area contributed by atoms with E-state index in [1.807, 2.05) is 4.90 Å². The van der Waals surface area contributed by atoms with Crippen molar-refractivity contribution in [3.63, 3.8) is 0 Å². The molecule has 0 aliphatic rings. The fourth-order valence-corrected chi connectivity index (χ4v) is 2.20. The van der Waals surface area contributed by atoms with Crippen molar-refractivity contribution in [1.82, 2.24) is 4.90 Å². The van der Waals surface area contributed by atoms with Gasteiger partial charge in [0, 0.05) is 18.7 Å². The summed E-state index contributed by atoms with van der Waals surface area (Å²) >= 11 is 4.81. The highest BCUT2D eigenvalue weighted by molar-refractivity contribution is 7.80. The summed E-state index contributed by atoms with van der Waals surface area (Å²) in [7, 11) is 0. The second-order valence-corrected chi connectivity index (χ2v) is 5.65. The normalized spacial score (nSPS) is 11.1. The summed E-state index contributed by atoms with van der Waals surface area (Å²) in [5.41, 5.74) is 11.8. The Labute approximate surface area is 123 Å². The van der Waals surface area contributed by atoms with Crippen molar-refractivity contribution >= 4 is 23.1 Å². The van der Waals surface area contributed by atoms with E-state index in [0.29, 0.717) is 12.5 Å². The number of hydrogen-bond donors (Lipinski definition) is 2. The minimum absolute atomic E-state index is 0.0228. The summed E-state index contributed by atoms with van der Waals surface area (Å²) in [6.45, 7) is 5.50. The number of nitrogens with two attached hydrogens (primary N) is 2. The smallest absolute Gasteiger partial charge is 0.231 e. The van der Waals surface area contributed by atoms with Crippen LogP contribution in [0.4, 0.5) is 4.39 Å². The molecule has 0 aliphatic heterocycles. The number of carbonyl (C=O) groups is 1. The van der Waals surface area contributed by atoms with Crippen LogP contribution < -0.4 is 11.5 Å². The van der Waals surface area contributed by atoms with Crippen molar-refractivity contribution in [3.8, 4) is 0 Å². The molecule has 0 saturated carbocycles. The summed E-state index contributed by atoms with van der Waals surface area (Å²) in [4.78, 5) is 13.0. The minimum Gasteiger partial charge on any atom is -0.389 e. The van der Waals surface area contributed by atoms with Crippen LogP contribution in [0.1, 0.15) is 25.0 Å². The monoisotopic (exact) mass is 297 g/mol. The predicted molar refractivity (Wildman–Crippen MR) is 81.6 cm³/mol. The first-order chi connectivity index (χ1) is 9.29. The number of nitrogens with zero attached hydrogens (tertiary/aromatic N) is 1. The van der Waals surface area contributed by atoms with Gasteiger partial charge in [0.25, 0.3) is 0 Å². The van der Waals surface area contributed by atoms with Crippen LogP contribution in [-0.4, -0.2) is 28.9 Å². The average Bonchev–Trinajstić information content (AvgIpc) is 2.29. The Morgan fingerprint density at radius 2 is 2.05 bits per heavy atom. The van der Waals surface area contributed by atoms with E-state index >= 15 is 0 Å². The van der Waals surface area contributed by atoms with E-state index in [1.54, 1.807) is 12.1 Å². The van der Waals surface area contributed by atoms with Crippen molar-refractivity contribution in [2.24, 2.45) is 17.4 Å². The zero-order valence-electron chi connectivity index (χ0n) is 11.7. The molecule has 4 nitrogen and oxygen atoms in total. The van der Waals surface area contributed by atoms with Crippen LogP contribution in [-0.2, 0) is 11.3 Å². The molecule has 0 radical (unpaired) electrons. The topological polar surface area (TPSA) is 72.3 Å². The molecule has 0 atom stereocenters. The van der Waals surface area contributed by atoms with E-state index in [2.05, 4.69) is 13.8 Å². The molecular formula is C14H20FN3OS. The molecule has 110 valence electrons. The van der Waals surface area contributed by atoms with Gasteiger partial charge in [-0.2, -0.15) is 0 Å². The molecule has 0 heterocycles. The van der Waals surface area contributed by atoms with Gasteiger partial charge in [-0.25, -0.2) is 4.39 Å². The van der Waals surface area contributed by atoms with Crippen molar-refractivity contribution in [2.75, 3.05) is 13.1 Å². The SMILES string of the molecule is CC(C)CN(CC(N)=O)Cc1ccc(F)c(C(N)=S)c1. The Hall–Kier alpha value is -1.53. The van der Waals surface area contributed by atoms with Gasteiger partial charge in [0.1, 0.15) is 10.8 Å². The minimum atomic E-state index is -0.438. The summed E-state index contributed by atoms with van der Waals surface area (Å²) in [6.07, 6.45) is 0. The number of thiocarbonyl (C=S) groups is 1. The standard InChI is InChI=1S/C14H20FN3OS/c1-9(2)6-18(8-13(16)19)7-10-3-4-12(15)11(5-10)14(17)20/h3-5,9H,6-8H2,1-2H3,(H2,16,19)(H2,17,20). The van der Waals surface area contributed by atoms with Crippen molar-refractivity contribution in [1.29, 1.82) is 0 Å². The van der Waals surface area contributed by atoms with E-state index in [0.717, 1.165) is 12.1 Å². The molecule has 1 aromatic rings. The van der Waals surface area contributed by atoms with Gasteiger partial charge in [0.15, 0.2) is 0 Å². The summed E-state index contributed by atoms with van der Waals surface area (Å²) in [5, 5.41) is 0. The van der Waals surface area contributed by atoms with Gasteiger partial charge in [-0.15, -0.1) is 0 Å². The average molecular weight is 297 g/mol. The highest BCUT2D eigenvalue weighted by Gasteiger charge is 2.13. The molecule has 0 bridgehead atoms. The number of benzene rings is 1. The fourth-order valence-electron chi connectivity index (χ4n) is 2.04. The first-order valence-electron chi connectivity index (χ1n) is 6.38. The van der Waals surface area contributed by atoms with Gasteiger partial charge < -0.3 is 11.5 Å². The Balaban J connectivity index is 2.90. The van der Waals surface area contributed by atoms with Crippen LogP contribution in [0, 0.1) is 11.7 Å². The maximum atomic E-state index is 13.5. The molecule has 0 aliphatic carbocycles. The molecule has 6 heteroatoms. The predicted octanol–water partition coefficient (Wildman–Crippen LogP) is 1.40. The zero-order valence-corrected chi connectivity index (χ0v) is 12.5. The van der Waals surface area contributed by atoms with Crippen LogP contribution in [0.5, 0.6) is 0 Å². The molecule has 1 amide bonds. The number of carbonyl (C=O) groups excluding carboxylic acids is 1. The highest BCUT2D eigenvalue weighted by Crippen LogP contribution is 2.13. The first kappa shape index (κ1) is 16.5. The van der Waals surface area contributed by atoms with Crippen LogP contribution in [0.3, 0.4) is 0 Å². The molecule has 0 unspecified atom stereocenters. The molecule has 0 fully saturated rings. The summed E-state index contributed by atoms with van der Waals surface area (Å²) in [5.74, 6) is -0.432. The Morgan fingerprint density at radius 1 is 1.40 bits per heavy atom. The lowest BCUT2D eigenvalue weighted by atomic mass is 10.1. The van der Waals surface area contributed by atoms with Gasteiger partial charge >= 0.3 is 0 Å². The van der Waals surface area contributed by atoms with Crippen LogP contribution >= 0.6 is 12.2 Å². The Morgan fingerprint density at radius 3 is 2.55 bits per heavy atom. The maximum absolute atomic E-state index is 13.5. The van der Waals surface area contributed by atoms with E-state index in [1.165, 1.54) is 6.07 Å². The highest BCUT2D eigenvalue weighted by atomic mass is 32.1. The second-order valence-electron chi connectivity index (χ2n) is 5.21. The van der Waals surface area contributed by atoms with Crippen molar-refractivity contribution in [2.45, 2.75) is 20.4 Å². The van der Waals surface area contributed by atoms with Crippen LogP contribution in [0.15, 0.2) is 18.2 Å². The zero-order chi connectivity index (χ0) is 15.3. The van der Waals surface area contributed by atoms with Gasteiger partial charge in [-0.05, 0) is 23.6 Å². The summed E-state index contributed by atoms with van der Waals surface area (Å²) in [6, 6.07) is 4.61. The third kappa shape index (κ3) is 5.22. The number of primary amides is 1. The first-order valence-corrected chi connectivity index (χ1v) is 6.79. The number of hydrogen-bond acceptors (Lipinski definition) is 3. The lowest BCUT2D eigenvalue weighted by molar-refractivity contribution is -0.119. The third-order valence-corrected chi connectivity index (χ3v) is 2.93. The van der Waals surface area contributed by atoms with Crippen LogP contribution in [0.2, 0.25) is 0 Å². The summed E-state index contributed by atoms with van der Waals surface area (Å²) < 4.78 is 13.5. The fraction of sp³-hybridized carbons (Fsp3) is 0.429. The molecule has 4 N–H and O–H groups in total. The molecule has 0 aromatic heterocycles. The largest absolute Gasteiger partial charge is 0.389 e. The molecule has 20 heavy (non-hydrogen) atoms. The van der Waals surface area contributed by atoms with E-state index in [4.69, 9.17) is 23.7 Å². The molecule has 0 spiro atoms. The van der Waals surface area contributed by atoms with Crippen molar-refractivity contribution in [3.05, 3.63) is 35.1 Å². The number of amides is 1. The molecule has 1 rings (SSSR count). The molecule has 1 aromatic carbocycles. The Bertz CT molecular complexity index is 505. The molecular weight excluding hydrogens is 277 g/mol.